The maximum atomic E-state index is 6.42. The van der Waals surface area contributed by atoms with Crippen molar-refractivity contribution in [2.75, 3.05) is 0 Å². The first-order valence-electron chi connectivity index (χ1n) is 7.59. The van der Waals surface area contributed by atoms with Crippen molar-refractivity contribution in [1.29, 1.82) is 0 Å². The average Bonchev–Trinajstić information content (AvgIpc) is 2.78. The van der Waals surface area contributed by atoms with Crippen molar-refractivity contribution in [2.24, 2.45) is 5.73 Å². The van der Waals surface area contributed by atoms with Gasteiger partial charge in [0.25, 0.3) is 0 Å². The van der Waals surface area contributed by atoms with Crippen molar-refractivity contribution in [3.05, 3.63) is 52.8 Å². The predicted molar refractivity (Wildman–Crippen MR) is 81.7 cm³/mol. The Morgan fingerprint density at radius 1 is 1.30 bits per heavy atom. The van der Waals surface area contributed by atoms with Crippen LogP contribution in [0, 0.1) is 6.92 Å². The van der Waals surface area contributed by atoms with Crippen molar-refractivity contribution < 1.29 is 0 Å². The van der Waals surface area contributed by atoms with Gasteiger partial charge in [-0.2, -0.15) is 5.10 Å². The normalized spacial score (nSPS) is 16.9. The van der Waals surface area contributed by atoms with E-state index in [4.69, 9.17) is 5.73 Å². The number of aromatic nitrogens is 2. The van der Waals surface area contributed by atoms with Crippen LogP contribution in [0.2, 0.25) is 0 Å². The number of benzene rings is 1. The SMILES string of the molecule is CCn1nc(C)cc1C(N)c1ccc(C2CCC2)cc1. The molecule has 1 fully saturated rings. The van der Waals surface area contributed by atoms with Gasteiger partial charge in [0.05, 0.1) is 17.4 Å². The molecule has 2 N–H and O–H groups in total. The molecule has 1 heterocycles. The molecule has 0 aliphatic heterocycles. The third kappa shape index (κ3) is 2.38. The molecule has 0 radical (unpaired) electrons. The fraction of sp³-hybridized carbons (Fsp3) is 0.471. The standard InChI is InChI=1S/C17H23N3/c1-3-20-16(11-12(2)19-20)17(18)15-9-7-14(8-10-15)13-5-4-6-13/h7-11,13,17H,3-6,18H2,1-2H3. The molecule has 3 heteroatoms. The smallest absolute Gasteiger partial charge is 0.0723 e. The fourth-order valence-electron chi connectivity index (χ4n) is 2.96. The lowest BCUT2D eigenvalue weighted by atomic mass is 9.80. The molecule has 0 bridgehead atoms. The second-order valence-corrected chi connectivity index (χ2v) is 5.80. The molecule has 1 unspecified atom stereocenters. The van der Waals surface area contributed by atoms with Crippen LogP contribution in [0.5, 0.6) is 0 Å². The van der Waals surface area contributed by atoms with Crippen molar-refractivity contribution >= 4 is 0 Å². The summed E-state index contributed by atoms with van der Waals surface area (Å²) >= 11 is 0. The average molecular weight is 269 g/mol. The van der Waals surface area contributed by atoms with Crippen molar-refractivity contribution in [3.8, 4) is 0 Å². The number of nitrogens with two attached hydrogens (primary N) is 1. The predicted octanol–water partition coefficient (Wildman–Crippen LogP) is 3.53. The molecule has 106 valence electrons. The minimum atomic E-state index is -0.0911. The third-order valence-electron chi connectivity index (χ3n) is 4.42. The lowest BCUT2D eigenvalue weighted by molar-refractivity contribution is 0.419. The van der Waals surface area contributed by atoms with Crippen LogP contribution in [0.15, 0.2) is 30.3 Å². The van der Waals surface area contributed by atoms with Crippen LogP contribution in [-0.4, -0.2) is 9.78 Å². The minimum absolute atomic E-state index is 0.0911. The van der Waals surface area contributed by atoms with Gasteiger partial charge in [-0.05, 0) is 49.8 Å². The molecule has 1 aromatic heterocycles. The summed E-state index contributed by atoms with van der Waals surface area (Å²) < 4.78 is 2.00. The van der Waals surface area contributed by atoms with Crippen molar-refractivity contribution in [2.45, 2.75) is 51.6 Å². The summed E-state index contributed by atoms with van der Waals surface area (Å²) in [7, 11) is 0. The van der Waals surface area contributed by atoms with E-state index in [-0.39, 0.29) is 6.04 Å². The van der Waals surface area contributed by atoms with Crippen LogP contribution in [0.25, 0.3) is 0 Å². The van der Waals surface area contributed by atoms with E-state index in [1.165, 1.54) is 30.4 Å². The monoisotopic (exact) mass is 269 g/mol. The molecule has 0 amide bonds. The Morgan fingerprint density at radius 2 is 2.00 bits per heavy atom. The van der Waals surface area contributed by atoms with E-state index in [2.05, 4.69) is 42.4 Å². The summed E-state index contributed by atoms with van der Waals surface area (Å²) in [5, 5.41) is 4.48. The summed E-state index contributed by atoms with van der Waals surface area (Å²) in [6.45, 7) is 4.97. The zero-order valence-electron chi connectivity index (χ0n) is 12.3. The van der Waals surface area contributed by atoms with Gasteiger partial charge in [0.1, 0.15) is 0 Å². The zero-order chi connectivity index (χ0) is 14.1. The Balaban J connectivity index is 1.83. The van der Waals surface area contributed by atoms with Gasteiger partial charge in [0, 0.05) is 6.54 Å². The molecule has 1 aliphatic rings. The van der Waals surface area contributed by atoms with Gasteiger partial charge in [-0.15, -0.1) is 0 Å². The summed E-state index contributed by atoms with van der Waals surface area (Å²) in [6, 6.07) is 10.9. The quantitative estimate of drug-likeness (QED) is 0.922. The fourth-order valence-corrected chi connectivity index (χ4v) is 2.96. The minimum Gasteiger partial charge on any atom is -0.319 e. The van der Waals surface area contributed by atoms with E-state index in [1.807, 2.05) is 11.6 Å². The lowest BCUT2D eigenvalue weighted by Gasteiger charge is -2.26. The first-order valence-corrected chi connectivity index (χ1v) is 7.59. The van der Waals surface area contributed by atoms with Crippen LogP contribution in [0.1, 0.15) is 60.7 Å². The summed E-state index contributed by atoms with van der Waals surface area (Å²) in [5.74, 6) is 0.781. The van der Waals surface area contributed by atoms with Gasteiger partial charge in [-0.1, -0.05) is 30.7 Å². The molecular formula is C17H23N3. The van der Waals surface area contributed by atoms with E-state index >= 15 is 0 Å². The Hall–Kier alpha value is -1.61. The Kier molecular flexibility index (Phi) is 3.62. The number of hydrogen-bond acceptors (Lipinski definition) is 2. The third-order valence-corrected chi connectivity index (χ3v) is 4.42. The van der Waals surface area contributed by atoms with Gasteiger partial charge in [-0.3, -0.25) is 4.68 Å². The molecule has 0 spiro atoms. The first kappa shape index (κ1) is 13.4. The molecule has 2 aromatic rings. The van der Waals surface area contributed by atoms with Crippen LogP contribution < -0.4 is 5.73 Å². The van der Waals surface area contributed by atoms with E-state index < -0.39 is 0 Å². The highest BCUT2D eigenvalue weighted by Gasteiger charge is 2.20. The lowest BCUT2D eigenvalue weighted by Crippen LogP contribution is -2.17. The number of aryl methyl sites for hydroxylation is 2. The Bertz CT molecular complexity index is 579. The zero-order valence-corrected chi connectivity index (χ0v) is 12.3. The molecule has 0 saturated heterocycles. The molecule has 1 aromatic carbocycles. The highest BCUT2D eigenvalue weighted by atomic mass is 15.3. The van der Waals surface area contributed by atoms with Gasteiger partial charge in [0.15, 0.2) is 0 Å². The van der Waals surface area contributed by atoms with Crippen molar-refractivity contribution in [3.63, 3.8) is 0 Å². The van der Waals surface area contributed by atoms with Crippen LogP contribution in [0.3, 0.4) is 0 Å². The van der Waals surface area contributed by atoms with Gasteiger partial charge < -0.3 is 5.73 Å². The van der Waals surface area contributed by atoms with Gasteiger partial charge >= 0.3 is 0 Å². The molecule has 1 saturated carbocycles. The van der Waals surface area contributed by atoms with E-state index in [9.17, 15) is 0 Å². The summed E-state index contributed by atoms with van der Waals surface area (Å²) in [4.78, 5) is 0. The number of rotatable bonds is 4. The molecule has 1 aliphatic carbocycles. The largest absolute Gasteiger partial charge is 0.319 e. The van der Waals surface area contributed by atoms with Gasteiger partial charge in [-0.25, -0.2) is 0 Å². The molecule has 20 heavy (non-hydrogen) atoms. The van der Waals surface area contributed by atoms with Crippen LogP contribution >= 0.6 is 0 Å². The topological polar surface area (TPSA) is 43.8 Å². The number of nitrogens with zero attached hydrogens (tertiary/aromatic N) is 2. The molecule has 3 nitrogen and oxygen atoms in total. The van der Waals surface area contributed by atoms with Crippen LogP contribution in [0.4, 0.5) is 0 Å². The summed E-state index contributed by atoms with van der Waals surface area (Å²) in [6.07, 6.45) is 4.06. The van der Waals surface area contributed by atoms with Crippen molar-refractivity contribution in [1.82, 2.24) is 9.78 Å². The summed E-state index contributed by atoms with van der Waals surface area (Å²) in [5.41, 5.74) is 11.2. The first-order chi connectivity index (χ1) is 9.69. The van der Waals surface area contributed by atoms with E-state index in [0.717, 1.165) is 23.9 Å². The van der Waals surface area contributed by atoms with Crippen LogP contribution in [-0.2, 0) is 6.54 Å². The van der Waals surface area contributed by atoms with E-state index in [0.29, 0.717) is 0 Å². The van der Waals surface area contributed by atoms with E-state index in [1.54, 1.807) is 0 Å². The Labute approximate surface area is 120 Å². The second kappa shape index (κ2) is 5.41. The molecular weight excluding hydrogens is 246 g/mol. The number of hydrogen-bond donors (Lipinski definition) is 1. The Morgan fingerprint density at radius 3 is 2.55 bits per heavy atom. The second-order valence-electron chi connectivity index (χ2n) is 5.80. The highest BCUT2D eigenvalue weighted by Crippen LogP contribution is 2.36. The molecule has 3 rings (SSSR count). The maximum absolute atomic E-state index is 6.42. The maximum Gasteiger partial charge on any atom is 0.0723 e. The molecule has 1 atom stereocenters. The highest BCUT2D eigenvalue weighted by molar-refractivity contribution is 5.32. The van der Waals surface area contributed by atoms with Gasteiger partial charge in [0.2, 0.25) is 0 Å².